The van der Waals surface area contributed by atoms with Gasteiger partial charge in [-0.2, -0.15) is 0 Å². The Balaban J connectivity index is 2.03. The Morgan fingerprint density at radius 3 is 2.52 bits per heavy atom. The van der Waals surface area contributed by atoms with Crippen LogP contribution in [0.15, 0.2) is 24.3 Å². The highest BCUT2D eigenvalue weighted by Crippen LogP contribution is 2.30. The van der Waals surface area contributed by atoms with Crippen LogP contribution in [-0.4, -0.2) is 28.9 Å². The lowest BCUT2D eigenvalue weighted by Gasteiger charge is -2.16. The lowest BCUT2D eigenvalue weighted by Crippen LogP contribution is -2.41. The van der Waals surface area contributed by atoms with Crippen molar-refractivity contribution >= 4 is 23.5 Å². The van der Waals surface area contributed by atoms with Gasteiger partial charge >= 0.3 is 5.97 Å². The number of nitrogens with one attached hydrogen (secondary N) is 2. The third-order valence-corrected chi connectivity index (χ3v) is 3.65. The van der Waals surface area contributed by atoms with Crippen LogP contribution in [-0.2, 0) is 9.59 Å². The van der Waals surface area contributed by atoms with E-state index in [1.807, 2.05) is 13.8 Å². The first-order valence-corrected chi connectivity index (χ1v) is 7.81. The lowest BCUT2D eigenvalue weighted by atomic mass is 10.0. The second-order valence-corrected chi connectivity index (χ2v) is 6.34. The van der Waals surface area contributed by atoms with Gasteiger partial charge in [0.15, 0.2) is 0 Å². The van der Waals surface area contributed by atoms with Gasteiger partial charge in [-0.05, 0) is 43.4 Å². The number of carboxylic acid groups (broad SMARTS) is 1. The molecule has 6 heteroatoms. The molecule has 0 spiro atoms. The molecule has 0 aromatic heterocycles. The van der Waals surface area contributed by atoms with E-state index in [-0.39, 0.29) is 17.7 Å². The van der Waals surface area contributed by atoms with E-state index in [0.717, 1.165) is 12.8 Å². The van der Waals surface area contributed by atoms with Crippen LogP contribution in [0.2, 0.25) is 0 Å². The molecule has 0 radical (unpaired) electrons. The molecule has 1 aromatic carbocycles. The summed E-state index contributed by atoms with van der Waals surface area (Å²) in [6.45, 7) is 3.80. The topological polar surface area (TPSA) is 95.5 Å². The van der Waals surface area contributed by atoms with E-state index in [1.54, 1.807) is 24.3 Å². The largest absolute Gasteiger partial charge is 0.480 e. The second-order valence-electron chi connectivity index (χ2n) is 6.34. The zero-order valence-corrected chi connectivity index (χ0v) is 13.3. The molecule has 2 rings (SSSR count). The minimum atomic E-state index is -1.05. The van der Waals surface area contributed by atoms with E-state index >= 15 is 0 Å². The number of rotatable bonds is 7. The molecular weight excluding hydrogens is 296 g/mol. The van der Waals surface area contributed by atoms with E-state index in [9.17, 15) is 19.5 Å². The van der Waals surface area contributed by atoms with Crippen molar-refractivity contribution in [3.05, 3.63) is 29.8 Å². The Hall–Kier alpha value is -2.37. The number of amides is 2. The summed E-state index contributed by atoms with van der Waals surface area (Å²) in [5.74, 6) is -1.31. The first kappa shape index (κ1) is 17.0. The fourth-order valence-corrected chi connectivity index (χ4v) is 2.26. The van der Waals surface area contributed by atoms with Crippen molar-refractivity contribution in [2.75, 3.05) is 5.32 Å². The van der Waals surface area contributed by atoms with E-state index in [4.69, 9.17) is 0 Å². The fraction of sp³-hybridized carbons (Fsp3) is 0.471. The number of benzene rings is 1. The minimum absolute atomic E-state index is 0.0363. The summed E-state index contributed by atoms with van der Waals surface area (Å²) in [4.78, 5) is 35.2. The Labute approximate surface area is 135 Å². The Morgan fingerprint density at radius 2 is 1.96 bits per heavy atom. The van der Waals surface area contributed by atoms with Gasteiger partial charge < -0.3 is 15.7 Å². The normalized spacial score (nSPS) is 15.1. The third-order valence-electron chi connectivity index (χ3n) is 3.65. The van der Waals surface area contributed by atoms with Crippen LogP contribution < -0.4 is 10.6 Å². The van der Waals surface area contributed by atoms with Crippen LogP contribution in [0.4, 0.5) is 5.69 Å². The molecular formula is C17H22N2O4. The molecule has 1 atom stereocenters. The van der Waals surface area contributed by atoms with Crippen LogP contribution in [0.25, 0.3) is 0 Å². The molecule has 0 saturated heterocycles. The Bertz CT molecular complexity index is 608. The summed E-state index contributed by atoms with van der Waals surface area (Å²) >= 11 is 0. The maximum Gasteiger partial charge on any atom is 0.326 e. The molecule has 0 heterocycles. The highest BCUT2D eigenvalue weighted by atomic mass is 16.4. The van der Waals surface area contributed by atoms with Gasteiger partial charge in [-0.1, -0.05) is 19.9 Å². The molecule has 1 aliphatic carbocycles. The Morgan fingerprint density at radius 1 is 1.26 bits per heavy atom. The van der Waals surface area contributed by atoms with Gasteiger partial charge in [-0.15, -0.1) is 0 Å². The molecule has 6 nitrogen and oxygen atoms in total. The van der Waals surface area contributed by atoms with Gasteiger partial charge in [-0.3, -0.25) is 9.59 Å². The molecule has 0 unspecified atom stereocenters. The van der Waals surface area contributed by atoms with Crippen molar-refractivity contribution in [1.29, 1.82) is 0 Å². The first-order valence-electron chi connectivity index (χ1n) is 7.81. The van der Waals surface area contributed by atoms with Gasteiger partial charge in [-0.25, -0.2) is 4.79 Å². The standard InChI is InChI=1S/C17H22N2O4/c1-10(2)8-14(17(22)23)19-16(21)12-4-3-5-13(9-12)18-15(20)11-6-7-11/h3-5,9-11,14H,6-8H2,1-2H3,(H,18,20)(H,19,21)(H,22,23)/t14-/m0/s1. The maximum absolute atomic E-state index is 12.2. The molecule has 3 N–H and O–H groups in total. The fourth-order valence-electron chi connectivity index (χ4n) is 2.26. The average molecular weight is 318 g/mol. The molecule has 124 valence electrons. The summed E-state index contributed by atoms with van der Waals surface area (Å²) in [5, 5.41) is 14.5. The van der Waals surface area contributed by atoms with E-state index < -0.39 is 17.9 Å². The minimum Gasteiger partial charge on any atom is -0.480 e. The molecule has 0 bridgehead atoms. The highest BCUT2D eigenvalue weighted by molar-refractivity contribution is 5.99. The summed E-state index contributed by atoms with van der Waals surface area (Å²) in [6.07, 6.45) is 2.17. The van der Waals surface area contributed by atoms with Gasteiger partial charge in [0, 0.05) is 17.2 Å². The van der Waals surface area contributed by atoms with Crippen LogP contribution in [0.1, 0.15) is 43.5 Å². The summed E-state index contributed by atoms with van der Waals surface area (Å²) < 4.78 is 0. The number of hydrogen-bond acceptors (Lipinski definition) is 3. The highest BCUT2D eigenvalue weighted by Gasteiger charge is 2.29. The van der Waals surface area contributed by atoms with Crippen molar-refractivity contribution in [2.45, 2.75) is 39.2 Å². The van der Waals surface area contributed by atoms with E-state index in [1.165, 1.54) is 0 Å². The van der Waals surface area contributed by atoms with Crippen LogP contribution in [0.5, 0.6) is 0 Å². The molecule has 1 fully saturated rings. The van der Waals surface area contributed by atoms with Gasteiger partial charge in [0.1, 0.15) is 6.04 Å². The zero-order chi connectivity index (χ0) is 17.0. The lowest BCUT2D eigenvalue weighted by molar-refractivity contribution is -0.139. The Kier molecular flexibility index (Phi) is 5.36. The van der Waals surface area contributed by atoms with Crippen molar-refractivity contribution in [3.8, 4) is 0 Å². The molecule has 23 heavy (non-hydrogen) atoms. The average Bonchev–Trinajstić information content (AvgIpc) is 3.30. The summed E-state index contributed by atoms with van der Waals surface area (Å²) in [7, 11) is 0. The number of carbonyl (C=O) groups excluding carboxylic acids is 2. The van der Waals surface area contributed by atoms with Crippen LogP contribution >= 0.6 is 0 Å². The predicted octanol–water partition coefficient (Wildman–Crippen LogP) is 2.26. The maximum atomic E-state index is 12.2. The number of aliphatic carboxylic acids is 1. The first-order chi connectivity index (χ1) is 10.9. The molecule has 2 amide bonds. The molecule has 1 saturated carbocycles. The number of anilines is 1. The zero-order valence-electron chi connectivity index (χ0n) is 13.3. The summed E-state index contributed by atoms with van der Waals surface area (Å²) in [5.41, 5.74) is 0.874. The number of carboxylic acids is 1. The van der Waals surface area contributed by atoms with Gasteiger partial charge in [0.2, 0.25) is 5.91 Å². The van der Waals surface area contributed by atoms with E-state index in [2.05, 4.69) is 10.6 Å². The van der Waals surface area contributed by atoms with Crippen molar-refractivity contribution in [1.82, 2.24) is 5.32 Å². The second kappa shape index (κ2) is 7.26. The van der Waals surface area contributed by atoms with Crippen LogP contribution in [0.3, 0.4) is 0 Å². The van der Waals surface area contributed by atoms with Gasteiger partial charge in [0.25, 0.3) is 5.91 Å². The van der Waals surface area contributed by atoms with Crippen LogP contribution in [0, 0.1) is 11.8 Å². The molecule has 1 aromatic rings. The van der Waals surface area contributed by atoms with E-state index in [0.29, 0.717) is 17.7 Å². The van der Waals surface area contributed by atoms with Crippen molar-refractivity contribution in [2.24, 2.45) is 11.8 Å². The SMILES string of the molecule is CC(C)C[C@H](NC(=O)c1cccc(NC(=O)C2CC2)c1)C(=O)O. The smallest absolute Gasteiger partial charge is 0.326 e. The van der Waals surface area contributed by atoms with Gasteiger partial charge in [0.05, 0.1) is 0 Å². The quantitative estimate of drug-likeness (QED) is 0.718. The number of hydrogen-bond donors (Lipinski definition) is 3. The summed E-state index contributed by atoms with van der Waals surface area (Å²) in [6, 6.07) is 5.60. The number of carbonyl (C=O) groups is 3. The monoisotopic (exact) mass is 318 g/mol. The van der Waals surface area contributed by atoms with Crippen molar-refractivity contribution < 1.29 is 19.5 Å². The van der Waals surface area contributed by atoms with Crippen molar-refractivity contribution in [3.63, 3.8) is 0 Å². The molecule has 0 aliphatic heterocycles. The third kappa shape index (κ3) is 5.09. The molecule has 1 aliphatic rings. The predicted molar refractivity (Wildman–Crippen MR) is 86.1 cm³/mol.